The molecule has 2 heterocycles. The van der Waals surface area contributed by atoms with Gasteiger partial charge >= 0.3 is 0 Å². The first kappa shape index (κ1) is 22.5. The van der Waals surface area contributed by atoms with Gasteiger partial charge in [-0.2, -0.15) is 5.26 Å². The Labute approximate surface area is 184 Å². The van der Waals surface area contributed by atoms with Crippen molar-refractivity contribution in [3.8, 4) is 6.07 Å². The third-order valence-corrected chi connectivity index (χ3v) is 5.71. The summed E-state index contributed by atoms with van der Waals surface area (Å²) in [7, 11) is 0. The summed E-state index contributed by atoms with van der Waals surface area (Å²) in [4.78, 5) is 31.3. The molecule has 31 heavy (non-hydrogen) atoms. The number of ketones is 1. The molecule has 2 aromatic rings. The van der Waals surface area contributed by atoms with Crippen LogP contribution >= 0.6 is 0 Å². The summed E-state index contributed by atoms with van der Waals surface area (Å²) >= 11 is 0. The summed E-state index contributed by atoms with van der Waals surface area (Å²) in [5.74, 6) is 0.167. The third kappa shape index (κ3) is 5.31. The van der Waals surface area contributed by atoms with Crippen LogP contribution in [0, 0.1) is 11.3 Å². The van der Waals surface area contributed by atoms with Gasteiger partial charge in [-0.3, -0.25) is 14.5 Å². The Morgan fingerprint density at radius 1 is 1.00 bits per heavy atom. The van der Waals surface area contributed by atoms with E-state index in [0.717, 1.165) is 11.3 Å². The van der Waals surface area contributed by atoms with Crippen molar-refractivity contribution in [2.45, 2.75) is 32.9 Å². The van der Waals surface area contributed by atoms with Gasteiger partial charge in [0, 0.05) is 39.1 Å². The summed E-state index contributed by atoms with van der Waals surface area (Å²) in [6, 6.07) is 19.4. The number of hydrogen-bond acceptors (Lipinski definition) is 5. The standard InChI is InChI=1S/C23H24N4O2.C2H6/c24-15-19-8-4-5-9-21(19)25-10-12-26(13-11-25)23(29)22-14-20(28)17-27(22)16-18-6-2-1-3-7-18;1-2/h1-9,22H,10-14,16-17H2;1-2H3/t22-;/m0./s1. The van der Waals surface area contributed by atoms with Crippen LogP contribution in [0.25, 0.3) is 0 Å². The van der Waals surface area contributed by atoms with E-state index in [1.165, 1.54) is 0 Å². The largest absolute Gasteiger partial charge is 0.367 e. The fourth-order valence-electron chi connectivity index (χ4n) is 4.20. The molecule has 0 spiro atoms. The van der Waals surface area contributed by atoms with Gasteiger partial charge in [-0.25, -0.2) is 0 Å². The van der Waals surface area contributed by atoms with Crippen molar-refractivity contribution in [2.75, 3.05) is 37.6 Å². The van der Waals surface area contributed by atoms with Crippen molar-refractivity contribution < 1.29 is 9.59 Å². The van der Waals surface area contributed by atoms with Crippen LogP contribution in [0.5, 0.6) is 0 Å². The number of piperazine rings is 1. The number of nitriles is 1. The predicted molar refractivity (Wildman–Crippen MR) is 122 cm³/mol. The van der Waals surface area contributed by atoms with Crippen LogP contribution in [0.1, 0.15) is 31.4 Å². The van der Waals surface area contributed by atoms with E-state index in [-0.39, 0.29) is 17.7 Å². The van der Waals surface area contributed by atoms with Crippen LogP contribution in [0.15, 0.2) is 54.6 Å². The van der Waals surface area contributed by atoms with Gasteiger partial charge in [0.05, 0.1) is 23.8 Å². The molecule has 2 saturated heterocycles. The van der Waals surface area contributed by atoms with Crippen molar-refractivity contribution >= 4 is 17.4 Å². The average molecular weight is 419 g/mol. The highest BCUT2D eigenvalue weighted by Crippen LogP contribution is 2.24. The maximum atomic E-state index is 13.2. The van der Waals surface area contributed by atoms with Crippen molar-refractivity contribution in [1.29, 1.82) is 5.26 Å². The number of Topliss-reactive ketones (excluding diaryl/α,β-unsaturated/α-hetero) is 1. The molecular formula is C25H30N4O2. The Bertz CT molecular complexity index is 930. The van der Waals surface area contributed by atoms with Crippen molar-refractivity contribution in [3.05, 3.63) is 65.7 Å². The lowest BCUT2D eigenvalue weighted by molar-refractivity contribution is -0.136. The van der Waals surface area contributed by atoms with Gasteiger partial charge in [-0.15, -0.1) is 0 Å². The van der Waals surface area contributed by atoms with Crippen molar-refractivity contribution in [3.63, 3.8) is 0 Å². The summed E-state index contributed by atoms with van der Waals surface area (Å²) in [6.07, 6.45) is 0.295. The second-order valence-electron chi connectivity index (χ2n) is 7.59. The van der Waals surface area contributed by atoms with Crippen LogP contribution in [-0.4, -0.2) is 60.3 Å². The first-order valence-electron chi connectivity index (χ1n) is 11.0. The second kappa shape index (κ2) is 10.7. The normalized spacial score (nSPS) is 18.9. The van der Waals surface area contributed by atoms with E-state index in [1.54, 1.807) is 0 Å². The first-order chi connectivity index (χ1) is 15.2. The molecule has 0 N–H and O–H groups in total. The quantitative estimate of drug-likeness (QED) is 0.763. The molecule has 2 fully saturated rings. The van der Waals surface area contributed by atoms with E-state index in [2.05, 4.69) is 11.0 Å². The topological polar surface area (TPSA) is 67.6 Å². The number of carbonyl (C=O) groups excluding carboxylic acids is 2. The highest BCUT2D eigenvalue weighted by atomic mass is 16.2. The van der Waals surface area contributed by atoms with Gasteiger partial charge in [0.2, 0.25) is 5.91 Å². The number of para-hydroxylation sites is 1. The van der Waals surface area contributed by atoms with Crippen molar-refractivity contribution in [2.24, 2.45) is 0 Å². The summed E-state index contributed by atoms with van der Waals surface area (Å²) in [5, 5.41) is 9.33. The lowest BCUT2D eigenvalue weighted by Crippen LogP contribution is -2.53. The highest BCUT2D eigenvalue weighted by molar-refractivity contribution is 5.93. The predicted octanol–water partition coefficient (Wildman–Crippen LogP) is 3.08. The number of amides is 1. The number of carbonyl (C=O) groups is 2. The molecule has 0 radical (unpaired) electrons. The van der Waals surface area contributed by atoms with Gasteiger partial charge in [-0.1, -0.05) is 56.3 Å². The lowest BCUT2D eigenvalue weighted by Gasteiger charge is -2.38. The van der Waals surface area contributed by atoms with Gasteiger partial charge in [-0.05, 0) is 17.7 Å². The van der Waals surface area contributed by atoms with Crippen LogP contribution in [0.3, 0.4) is 0 Å². The fourth-order valence-corrected chi connectivity index (χ4v) is 4.20. The molecular weight excluding hydrogens is 388 g/mol. The zero-order valence-electron chi connectivity index (χ0n) is 18.3. The van der Waals surface area contributed by atoms with Gasteiger partial charge in [0.25, 0.3) is 0 Å². The molecule has 1 atom stereocenters. The molecule has 0 unspecified atom stereocenters. The van der Waals surface area contributed by atoms with E-state index in [1.807, 2.05) is 78.2 Å². The highest BCUT2D eigenvalue weighted by Gasteiger charge is 2.38. The van der Waals surface area contributed by atoms with Crippen molar-refractivity contribution in [1.82, 2.24) is 9.80 Å². The zero-order chi connectivity index (χ0) is 22.2. The molecule has 162 valence electrons. The number of rotatable bonds is 4. The molecule has 2 aromatic carbocycles. The maximum Gasteiger partial charge on any atom is 0.240 e. The average Bonchev–Trinajstić information content (AvgIpc) is 3.20. The maximum absolute atomic E-state index is 13.2. The van der Waals surface area contributed by atoms with Gasteiger partial charge in [0.15, 0.2) is 0 Å². The molecule has 2 aliphatic heterocycles. The minimum absolute atomic E-state index is 0.0417. The zero-order valence-corrected chi connectivity index (χ0v) is 18.3. The summed E-state index contributed by atoms with van der Waals surface area (Å²) in [6.45, 7) is 7.51. The Morgan fingerprint density at radius 3 is 2.32 bits per heavy atom. The molecule has 2 aliphatic rings. The molecule has 0 bridgehead atoms. The summed E-state index contributed by atoms with van der Waals surface area (Å²) < 4.78 is 0. The molecule has 4 rings (SSSR count). The molecule has 1 amide bonds. The number of benzene rings is 2. The Morgan fingerprint density at radius 2 is 1.65 bits per heavy atom. The SMILES string of the molecule is CC.N#Cc1ccccc1N1CCN(C(=O)[C@@H]2CC(=O)CN2Cc2ccccc2)CC1. The minimum atomic E-state index is -0.374. The monoisotopic (exact) mass is 418 g/mol. The first-order valence-corrected chi connectivity index (χ1v) is 11.0. The van der Waals surface area contributed by atoms with Crippen LogP contribution < -0.4 is 4.90 Å². The molecule has 6 heteroatoms. The Kier molecular flexibility index (Phi) is 7.80. The smallest absolute Gasteiger partial charge is 0.240 e. The minimum Gasteiger partial charge on any atom is -0.367 e. The van der Waals surface area contributed by atoms with Gasteiger partial charge < -0.3 is 9.80 Å². The summed E-state index contributed by atoms with van der Waals surface area (Å²) in [5.41, 5.74) is 2.68. The number of nitrogens with zero attached hydrogens (tertiary/aromatic N) is 4. The van der Waals surface area contributed by atoms with Crippen LogP contribution in [-0.2, 0) is 16.1 Å². The molecule has 0 saturated carbocycles. The molecule has 0 aromatic heterocycles. The number of anilines is 1. The van der Waals surface area contributed by atoms with E-state index < -0.39 is 0 Å². The van der Waals surface area contributed by atoms with E-state index in [9.17, 15) is 14.9 Å². The number of likely N-dealkylation sites (tertiary alicyclic amines) is 1. The lowest BCUT2D eigenvalue weighted by atomic mass is 10.1. The number of hydrogen-bond donors (Lipinski definition) is 0. The Balaban J connectivity index is 0.00000132. The van der Waals surface area contributed by atoms with E-state index in [4.69, 9.17) is 0 Å². The van der Waals surface area contributed by atoms with E-state index in [0.29, 0.717) is 51.3 Å². The van der Waals surface area contributed by atoms with E-state index >= 15 is 0 Å². The van der Waals surface area contributed by atoms with Crippen LogP contribution in [0.2, 0.25) is 0 Å². The molecule has 0 aliphatic carbocycles. The van der Waals surface area contributed by atoms with Crippen LogP contribution in [0.4, 0.5) is 5.69 Å². The Hall–Kier alpha value is -3.17. The second-order valence-corrected chi connectivity index (χ2v) is 7.59. The van der Waals surface area contributed by atoms with Gasteiger partial charge in [0.1, 0.15) is 11.9 Å². The molecule has 6 nitrogen and oxygen atoms in total. The third-order valence-electron chi connectivity index (χ3n) is 5.71. The fraction of sp³-hybridized carbons (Fsp3) is 0.400.